The number of hydrogen-bond donors (Lipinski definition) is 1. The predicted octanol–water partition coefficient (Wildman–Crippen LogP) is 8.15. The molecule has 1 nitrogen and oxygen atoms in total. The molecular formula is C30H41N. The van der Waals surface area contributed by atoms with E-state index in [4.69, 9.17) is 0 Å². The Hall–Kier alpha value is -2.72. The maximum absolute atomic E-state index is 3.99. The van der Waals surface area contributed by atoms with Gasteiger partial charge in [-0.2, -0.15) is 0 Å². The van der Waals surface area contributed by atoms with E-state index in [9.17, 15) is 0 Å². The summed E-state index contributed by atoms with van der Waals surface area (Å²) < 4.78 is 0. The maximum Gasteiger partial charge on any atom is 0.0513 e. The van der Waals surface area contributed by atoms with Crippen molar-refractivity contribution in [3.63, 3.8) is 0 Å². The molecule has 1 rings (SSSR count). The van der Waals surface area contributed by atoms with Crippen LogP contribution in [0.2, 0.25) is 0 Å². The zero-order valence-electron chi connectivity index (χ0n) is 19.9. The molecule has 2 unspecified atom stereocenters. The van der Waals surface area contributed by atoms with Crippen LogP contribution in [0.15, 0.2) is 96.8 Å². The first kappa shape index (κ1) is 26.3. The highest BCUT2D eigenvalue weighted by Gasteiger charge is 2.19. The van der Waals surface area contributed by atoms with Crippen LogP contribution in [0.3, 0.4) is 0 Å². The van der Waals surface area contributed by atoms with Crippen molar-refractivity contribution in [3.8, 4) is 11.8 Å². The van der Waals surface area contributed by atoms with Gasteiger partial charge in [0.15, 0.2) is 0 Å². The van der Waals surface area contributed by atoms with Crippen LogP contribution in [-0.4, -0.2) is 6.04 Å². The lowest BCUT2D eigenvalue weighted by molar-refractivity contribution is 0.568. The molecule has 0 spiro atoms. The fraction of sp³-hybridized carbons (Fsp3) is 0.400. The Kier molecular flexibility index (Phi) is 13.6. The lowest BCUT2D eigenvalue weighted by Gasteiger charge is -2.27. The first-order valence-electron chi connectivity index (χ1n) is 11.6. The van der Waals surface area contributed by atoms with Gasteiger partial charge < -0.3 is 5.32 Å². The predicted molar refractivity (Wildman–Crippen MR) is 140 cm³/mol. The Morgan fingerprint density at radius 3 is 2.68 bits per heavy atom. The van der Waals surface area contributed by atoms with Crippen LogP contribution in [0.25, 0.3) is 0 Å². The summed E-state index contributed by atoms with van der Waals surface area (Å²) in [5.41, 5.74) is 5.02. The molecule has 0 saturated carbocycles. The monoisotopic (exact) mass is 415 g/mol. The van der Waals surface area contributed by atoms with Crippen LogP contribution >= 0.6 is 0 Å². The molecule has 0 bridgehead atoms. The molecule has 1 heteroatoms. The Morgan fingerprint density at radius 1 is 1.26 bits per heavy atom. The molecule has 2 atom stereocenters. The molecule has 1 N–H and O–H groups in total. The van der Waals surface area contributed by atoms with E-state index < -0.39 is 0 Å². The molecule has 1 aliphatic heterocycles. The fourth-order valence-corrected chi connectivity index (χ4v) is 3.95. The number of nitrogens with one attached hydrogen (secondary N) is 1. The van der Waals surface area contributed by atoms with Gasteiger partial charge in [0, 0.05) is 11.3 Å². The van der Waals surface area contributed by atoms with Gasteiger partial charge in [0.25, 0.3) is 0 Å². The standard InChI is InChI=1S/C30H41N/c1-7-13-19-27(12-6)29-20-14-21-30(31-29)28(18-11-5)24-26(17-10-4)23-22-25(15-8-2)16-9-3/h7-8,10,12-13,15,19,21,24,26,29,31H,1-2,4,9,14,16-17,20,22-23H2,3,5-6H3/b19-13-,25-15+,27-12+,28-24+. The highest BCUT2D eigenvalue weighted by atomic mass is 14.9. The maximum atomic E-state index is 3.99. The average molecular weight is 416 g/mol. The minimum Gasteiger partial charge on any atom is -0.377 e. The van der Waals surface area contributed by atoms with Gasteiger partial charge in [0.1, 0.15) is 0 Å². The molecule has 0 saturated heterocycles. The third-order valence-corrected chi connectivity index (χ3v) is 5.48. The molecule has 0 aromatic heterocycles. The van der Waals surface area contributed by atoms with Crippen LogP contribution in [-0.2, 0) is 0 Å². The summed E-state index contributed by atoms with van der Waals surface area (Å²) >= 11 is 0. The van der Waals surface area contributed by atoms with Gasteiger partial charge in [0.05, 0.1) is 6.04 Å². The minimum atomic E-state index is 0.299. The molecule has 0 aromatic rings. The Labute approximate surface area is 191 Å². The second-order valence-corrected chi connectivity index (χ2v) is 7.86. The molecule has 1 aliphatic rings. The Balaban J connectivity index is 3.07. The van der Waals surface area contributed by atoms with Gasteiger partial charge in [-0.05, 0) is 63.9 Å². The third-order valence-electron chi connectivity index (χ3n) is 5.48. The summed E-state index contributed by atoms with van der Waals surface area (Å²) in [6.45, 7) is 17.9. The SMILES string of the molecule is C=C/C=C\C(=C/C)C1CCC=C(/C(C#CC)=C/C(CC=C)CC/C(=C/C=C)CCC)N1. The van der Waals surface area contributed by atoms with Crippen LogP contribution in [0, 0.1) is 17.8 Å². The van der Waals surface area contributed by atoms with E-state index >= 15 is 0 Å². The van der Waals surface area contributed by atoms with Crippen LogP contribution in [0.1, 0.15) is 65.7 Å². The third kappa shape index (κ3) is 9.75. The van der Waals surface area contributed by atoms with Crippen molar-refractivity contribution in [2.75, 3.05) is 0 Å². The lowest BCUT2D eigenvalue weighted by Crippen LogP contribution is -2.33. The van der Waals surface area contributed by atoms with E-state index in [1.54, 1.807) is 0 Å². The highest BCUT2D eigenvalue weighted by Crippen LogP contribution is 2.26. The van der Waals surface area contributed by atoms with E-state index in [0.717, 1.165) is 49.8 Å². The molecule has 0 aromatic carbocycles. The highest BCUT2D eigenvalue weighted by molar-refractivity contribution is 5.47. The number of allylic oxidation sites excluding steroid dienone is 10. The summed E-state index contributed by atoms with van der Waals surface area (Å²) in [4.78, 5) is 0. The van der Waals surface area contributed by atoms with E-state index in [1.807, 2.05) is 31.2 Å². The first-order valence-corrected chi connectivity index (χ1v) is 11.6. The molecular weight excluding hydrogens is 374 g/mol. The smallest absolute Gasteiger partial charge is 0.0513 e. The zero-order valence-corrected chi connectivity index (χ0v) is 19.9. The van der Waals surface area contributed by atoms with Crippen LogP contribution in [0.4, 0.5) is 0 Å². The van der Waals surface area contributed by atoms with Crippen molar-refractivity contribution in [1.82, 2.24) is 5.32 Å². The molecule has 0 radical (unpaired) electrons. The normalized spacial score (nSPS) is 18.5. The van der Waals surface area contributed by atoms with Gasteiger partial charge in [-0.3, -0.25) is 0 Å². The van der Waals surface area contributed by atoms with Crippen LogP contribution in [0.5, 0.6) is 0 Å². The largest absolute Gasteiger partial charge is 0.377 e. The Bertz CT molecular complexity index is 801. The summed E-state index contributed by atoms with van der Waals surface area (Å²) in [7, 11) is 0. The van der Waals surface area contributed by atoms with Crippen LogP contribution < -0.4 is 5.32 Å². The number of rotatable bonds is 13. The van der Waals surface area contributed by atoms with Crippen molar-refractivity contribution < 1.29 is 0 Å². The number of hydrogen-bond acceptors (Lipinski definition) is 1. The van der Waals surface area contributed by atoms with Crippen molar-refractivity contribution in [2.45, 2.75) is 71.8 Å². The van der Waals surface area contributed by atoms with E-state index in [0.29, 0.717) is 12.0 Å². The minimum absolute atomic E-state index is 0.299. The lowest BCUT2D eigenvalue weighted by atomic mass is 9.90. The fourth-order valence-electron chi connectivity index (χ4n) is 3.95. The van der Waals surface area contributed by atoms with E-state index in [-0.39, 0.29) is 0 Å². The van der Waals surface area contributed by atoms with Gasteiger partial charge in [-0.1, -0.05) is 92.7 Å². The van der Waals surface area contributed by atoms with Crippen molar-refractivity contribution in [2.24, 2.45) is 5.92 Å². The molecule has 31 heavy (non-hydrogen) atoms. The molecule has 0 aliphatic carbocycles. The van der Waals surface area contributed by atoms with E-state index in [2.05, 4.69) is 81.1 Å². The topological polar surface area (TPSA) is 12.0 Å². The summed E-state index contributed by atoms with van der Waals surface area (Å²) in [5.74, 6) is 6.90. The zero-order chi connectivity index (χ0) is 22.9. The van der Waals surface area contributed by atoms with E-state index in [1.165, 1.54) is 17.6 Å². The summed E-state index contributed by atoms with van der Waals surface area (Å²) in [5, 5.41) is 3.74. The van der Waals surface area contributed by atoms with Gasteiger partial charge in [0.2, 0.25) is 0 Å². The molecule has 166 valence electrons. The van der Waals surface area contributed by atoms with Crippen molar-refractivity contribution in [1.29, 1.82) is 0 Å². The molecule has 0 amide bonds. The second kappa shape index (κ2) is 16.0. The molecule has 0 fully saturated rings. The average Bonchev–Trinajstić information content (AvgIpc) is 2.78. The Morgan fingerprint density at radius 2 is 2.06 bits per heavy atom. The molecule has 1 heterocycles. The first-order chi connectivity index (χ1) is 15.1. The van der Waals surface area contributed by atoms with Crippen molar-refractivity contribution >= 4 is 0 Å². The summed E-state index contributed by atoms with van der Waals surface area (Å²) in [6, 6.07) is 0.299. The quantitative estimate of drug-likeness (QED) is 0.182. The van der Waals surface area contributed by atoms with Gasteiger partial charge in [-0.15, -0.1) is 12.5 Å². The van der Waals surface area contributed by atoms with Gasteiger partial charge >= 0.3 is 0 Å². The summed E-state index contributed by atoms with van der Waals surface area (Å²) in [6.07, 6.45) is 26.5. The van der Waals surface area contributed by atoms with Gasteiger partial charge in [-0.25, -0.2) is 0 Å². The second-order valence-electron chi connectivity index (χ2n) is 7.86. The van der Waals surface area contributed by atoms with Crippen molar-refractivity contribution in [3.05, 3.63) is 96.8 Å².